The van der Waals surface area contributed by atoms with E-state index in [4.69, 9.17) is 21.1 Å². The first kappa shape index (κ1) is 21.2. The van der Waals surface area contributed by atoms with Crippen molar-refractivity contribution in [3.63, 3.8) is 0 Å². The van der Waals surface area contributed by atoms with E-state index in [0.717, 1.165) is 28.6 Å². The molecule has 1 fully saturated rings. The first-order valence-electron chi connectivity index (χ1n) is 11.3. The second-order valence-corrected chi connectivity index (χ2v) is 9.07. The number of aromatic hydroxyl groups is 1. The van der Waals surface area contributed by atoms with Crippen LogP contribution in [-0.2, 0) is 0 Å². The van der Waals surface area contributed by atoms with Crippen LogP contribution in [0.15, 0.2) is 66.7 Å². The number of likely N-dealkylation sites (tertiary alicyclic amines) is 1. The lowest BCUT2D eigenvalue weighted by Crippen LogP contribution is -2.25. The maximum absolute atomic E-state index is 10.2. The van der Waals surface area contributed by atoms with Crippen molar-refractivity contribution in [2.75, 3.05) is 32.8 Å². The molecule has 2 atom stereocenters. The van der Waals surface area contributed by atoms with E-state index in [1.165, 1.54) is 37.1 Å². The van der Waals surface area contributed by atoms with E-state index in [-0.39, 0.29) is 17.6 Å². The van der Waals surface area contributed by atoms with Gasteiger partial charge >= 0.3 is 0 Å². The van der Waals surface area contributed by atoms with Gasteiger partial charge in [0, 0.05) is 29.0 Å². The third-order valence-electron chi connectivity index (χ3n) is 6.56. The second-order valence-electron chi connectivity index (χ2n) is 8.64. The minimum atomic E-state index is 0.0608. The lowest BCUT2D eigenvalue weighted by atomic mass is 9.76. The Morgan fingerprint density at radius 1 is 0.938 bits per heavy atom. The number of nitrogens with zero attached hydrogens (tertiary/aromatic N) is 1. The van der Waals surface area contributed by atoms with Crippen LogP contribution in [0.2, 0.25) is 5.02 Å². The van der Waals surface area contributed by atoms with Crippen molar-refractivity contribution in [3.05, 3.63) is 88.4 Å². The molecule has 2 unspecified atom stereocenters. The van der Waals surface area contributed by atoms with Crippen molar-refractivity contribution in [3.8, 4) is 17.2 Å². The number of benzene rings is 3. The maximum atomic E-state index is 10.2. The average Bonchev–Trinajstić information content (AvgIpc) is 3.33. The summed E-state index contributed by atoms with van der Waals surface area (Å²) >= 11 is 6.13. The average molecular weight is 450 g/mol. The molecule has 3 aromatic carbocycles. The van der Waals surface area contributed by atoms with Crippen molar-refractivity contribution in [2.45, 2.75) is 24.7 Å². The van der Waals surface area contributed by atoms with Gasteiger partial charge < -0.3 is 14.6 Å². The number of halogens is 1. The standard InChI is InChI=1S/C27H28ClNO3/c28-21-7-3-19(4-8-21)25-18-32-26-12-9-22(30)17-24(26)27(25)20-5-10-23(11-6-20)31-16-15-29-13-1-2-14-29/h3-12,17,25,27,30H,1-2,13-16,18H2. The number of ether oxygens (including phenoxy) is 2. The van der Waals surface area contributed by atoms with Gasteiger partial charge in [-0.25, -0.2) is 0 Å². The Kier molecular flexibility index (Phi) is 6.24. The molecular weight excluding hydrogens is 422 g/mol. The van der Waals surface area contributed by atoms with Gasteiger partial charge in [0.1, 0.15) is 23.9 Å². The summed E-state index contributed by atoms with van der Waals surface area (Å²) in [6, 6.07) is 21.7. The molecular formula is C27H28ClNO3. The summed E-state index contributed by atoms with van der Waals surface area (Å²) in [6.45, 7) is 4.63. The third kappa shape index (κ3) is 4.57. The van der Waals surface area contributed by atoms with Crippen molar-refractivity contribution >= 4 is 11.6 Å². The molecule has 5 heteroatoms. The Morgan fingerprint density at radius 3 is 2.41 bits per heavy atom. The molecule has 0 spiro atoms. The lowest BCUT2D eigenvalue weighted by molar-refractivity contribution is 0.237. The summed E-state index contributed by atoms with van der Waals surface area (Å²) in [5.41, 5.74) is 3.34. The number of phenolic OH excluding ortho intramolecular Hbond substituents is 1. The fourth-order valence-corrected chi connectivity index (χ4v) is 5.01. The van der Waals surface area contributed by atoms with Crippen LogP contribution < -0.4 is 9.47 Å². The van der Waals surface area contributed by atoms with Crippen LogP contribution in [0.4, 0.5) is 0 Å². The fraction of sp³-hybridized carbons (Fsp3) is 0.333. The SMILES string of the molecule is Oc1ccc2c(c1)C(c1ccc(OCCN3CCCC3)cc1)C(c1ccc(Cl)cc1)CO2. The molecule has 1 N–H and O–H groups in total. The predicted octanol–water partition coefficient (Wildman–Crippen LogP) is 5.83. The minimum Gasteiger partial charge on any atom is -0.508 e. The molecule has 2 heterocycles. The summed E-state index contributed by atoms with van der Waals surface area (Å²) in [7, 11) is 0. The molecule has 0 aliphatic carbocycles. The van der Waals surface area contributed by atoms with Crippen LogP contribution >= 0.6 is 11.6 Å². The molecule has 2 aliphatic rings. The topological polar surface area (TPSA) is 41.9 Å². The minimum absolute atomic E-state index is 0.0608. The van der Waals surface area contributed by atoms with E-state index < -0.39 is 0 Å². The summed E-state index contributed by atoms with van der Waals surface area (Å²) in [6.07, 6.45) is 2.59. The maximum Gasteiger partial charge on any atom is 0.123 e. The van der Waals surface area contributed by atoms with Crippen LogP contribution in [-0.4, -0.2) is 42.9 Å². The quantitative estimate of drug-likeness (QED) is 0.514. The zero-order valence-electron chi connectivity index (χ0n) is 18.0. The highest BCUT2D eigenvalue weighted by Crippen LogP contribution is 2.47. The van der Waals surface area contributed by atoms with Gasteiger partial charge in [-0.3, -0.25) is 4.90 Å². The molecule has 0 aromatic heterocycles. The molecule has 1 saturated heterocycles. The number of fused-ring (bicyclic) bond motifs is 1. The first-order chi connectivity index (χ1) is 15.7. The Labute approximate surface area is 194 Å². The zero-order valence-corrected chi connectivity index (χ0v) is 18.8. The highest BCUT2D eigenvalue weighted by molar-refractivity contribution is 6.30. The number of rotatable bonds is 6. The van der Waals surface area contributed by atoms with Crippen LogP contribution in [0.25, 0.3) is 0 Å². The molecule has 0 saturated carbocycles. The van der Waals surface area contributed by atoms with E-state index in [1.807, 2.05) is 24.3 Å². The first-order valence-corrected chi connectivity index (χ1v) is 11.7. The Hall–Kier alpha value is -2.69. The van der Waals surface area contributed by atoms with Gasteiger partial charge in [0.15, 0.2) is 0 Å². The van der Waals surface area contributed by atoms with Crippen molar-refractivity contribution in [2.24, 2.45) is 0 Å². The van der Waals surface area contributed by atoms with Gasteiger partial charge in [-0.15, -0.1) is 0 Å². The molecule has 166 valence electrons. The third-order valence-corrected chi connectivity index (χ3v) is 6.81. The molecule has 3 aromatic rings. The summed E-state index contributed by atoms with van der Waals surface area (Å²) < 4.78 is 12.1. The van der Waals surface area contributed by atoms with Crippen LogP contribution in [0.1, 0.15) is 41.4 Å². The van der Waals surface area contributed by atoms with Crippen LogP contribution in [0, 0.1) is 0 Å². The molecule has 0 radical (unpaired) electrons. The Balaban J connectivity index is 1.40. The summed E-state index contributed by atoms with van der Waals surface area (Å²) in [4.78, 5) is 2.45. The number of phenols is 1. The lowest BCUT2D eigenvalue weighted by Gasteiger charge is -2.34. The Morgan fingerprint density at radius 2 is 1.66 bits per heavy atom. The van der Waals surface area contributed by atoms with Gasteiger partial charge in [0.2, 0.25) is 0 Å². The van der Waals surface area contributed by atoms with Gasteiger partial charge in [-0.05, 0) is 79.5 Å². The number of hydrogen-bond acceptors (Lipinski definition) is 4. The molecule has 0 bridgehead atoms. The van der Waals surface area contributed by atoms with E-state index in [9.17, 15) is 5.11 Å². The second kappa shape index (κ2) is 9.43. The normalized spacial score (nSPS) is 20.5. The highest BCUT2D eigenvalue weighted by Gasteiger charge is 2.33. The number of hydrogen-bond donors (Lipinski definition) is 1. The summed E-state index contributed by atoms with van der Waals surface area (Å²) in [5, 5.41) is 10.9. The molecule has 32 heavy (non-hydrogen) atoms. The van der Waals surface area contributed by atoms with Gasteiger partial charge in [-0.1, -0.05) is 35.9 Å². The predicted molar refractivity (Wildman–Crippen MR) is 127 cm³/mol. The van der Waals surface area contributed by atoms with Crippen LogP contribution in [0.3, 0.4) is 0 Å². The van der Waals surface area contributed by atoms with E-state index in [1.54, 1.807) is 6.07 Å². The van der Waals surface area contributed by atoms with Crippen molar-refractivity contribution in [1.82, 2.24) is 4.90 Å². The Bertz CT molecular complexity index is 1050. The summed E-state index contributed by atoms with van der Waals surface area (Å²) in [5.74, 6) is 2.13. The molecule has 5 rings (SSSR count). The van der Waals surface area contributed by atoms with E-state index in [2.05, 4.69) is 41.3 Å². The largest absolute Gasteiger partial charge is 0.508 e. The van der Waals surface area contributed by atoms with Crippen molar-refractivity contribution < 1.29 is 14.6 Å². The van der Waals surface area contributed by atoms with Gasteiger partial charge in [0.25, 0.3) is 0 Å². The van der Waals surface area contributed by atoms with Gasteiger partial charge in [0.05, 0.1) is 6.61 Å². The van der Waals surface area contributed by atoms with Crippen molar-refractivity contribution in [1.29, 1.82) is 0 Å². The van der Waals surface area contributed by atoms with E-state index >= 15 is 0 Å². The fourth-order valence-electron chi connectivity index (χ4n) is 4.88. The van der Waals surface area contributed by atoms with Crippen LogP contribution in [0.5, 0.6) is 17.2 Å². The monoisotopic (exact) mass is 449 g/mol. The van der Waals surface area contributed by atoms with Gasteiger partial charge in [-0.2, -0.15) is 0 Å². The molecule has 2 aliphatic heterocycles. The zero-order chi connectivity index (χ0) is 21.9. The molecule has 4 nitrogen and oxygen atoms in total. The highest BCUT2D eigenvalue weighted by atomic mass is 35.5. The van der Waals surface area contributed by atoms with E-state index in [0.29, 0.717) is 13.2 Å². The molecule has 0 amide bonds. The smallest absolute Gasteiger partial charge is 0.123 e.